The van der Waals surface area contributed by atoms with E-state index in [1.807, 2.05) is 13.1 Å². The molecule has 0 aliphatic carbocycles. The van der Waals surface area contributed by atoms with Crippen LogP contribution in [0.2, 0.25) is 0 Å². The Morgan fingerprint density at radius 1 is 1.21 bits per heavy atom. The molecular formula is C11H13N2S+. The molecule has 1 aromatic carbocycles. The second-order valence-electron chi connectivity index (χ2n) is 3.13. The summed E-state index contributed by atoms with van der Waals surface area (Å²) in [4.78, 5) is 1.29. The minimum absolute atomic E-state index is 1.17. The molecule has 0 saturated heterocycles. The van der Waals surface area contributed by atoms with Gasteiger partial charge in [0.1, 0.15) is 6.20 Å². The third-order valence-corrected chi connectivity index (χ3v) is 3.36. The standard InChI is InChI=1S/C11H12N2S/c1-12-11-13(2)8-10(14-11)9-6-4-3-5-7-9/h3-8H,1-2H3/p+1. The summed E-state index contributed by atoms with van der Waals surface area (Å²) in [6.45, 7) is 0. The molecule has 0 radical (unpaired) electrons. The summed E-state index contributed by atoms with van der Waals surface area (Å²) < 4.78 is 2.10. The smallest absolute Gasteiger partial charge is 0.268 e. The SMILES string of the molecule is CNc1sc(-c2ccccc2)c[n+]1C. The van der Waals surface area contributed by atoms with E-state index in [-0.39, 0.29) is 0 Å². The summed E-state index contributed by atoms with van der Waals surface area (Å²) in [7, 11) is 4.00. The highest BCUT2D eigenvalue weighted by Crippen LogP contribution is 2.26. The molecule has 0 amide bonds. The molecule has 0 aliphatic heterocycles. The number of hydrogen-bond donors (Lipinski definition) is 1. The first-order valence-corrected chi connectivity index (χ1v) is 5.35. The lowest BCUT2D eigenvalue weighted by atomic mass is 10.2. The van der Waals surface area contributed by atoms with E-state index in [4.69, 9.17) is 0 Å². The van der Waals surface area contributed by atoms with E-state index in [0.29, 0.717) is 0 Å². The van der Waals surface area contributed by atoms with Crippen molar-refractivity contribution in [3.63, 3.8) is 0 Å². The minimum Gasteiger partial charge on any atom is -0.268 e. The van der Waals surface area contributed by atoms with Crippen LogP contribution in [0.15, 0.2) is 36.5 Å². The van der Waals surface area contributed by atoms with Crippen molar-refractivity contribution in [3.8, 4) is 10.4 Å². The summed E-state index contributed by atoms with van der Waals surface area (Å²) in [5.41, 5.74) is 1.27. The number of anilines is 1. The van der Waals surface area contributed by atoms with Crippen molar-refractivity contribution in [3.05, 3.63) is 36.5 Å². The zero-order chi connectivity index (χ0) is 9.97. The van der Waals surface area contributed by atoms with E-state index in [9.17, 15) is 0 Å². The van der Waals surface area contributed by atoms with Crippen LogP contribution in [0.3, 0.4) is 0 Å². The van der Waals surface area contributed by atoms with Gasteiger partial charge in [0.2, 0.25) is 0 Å². The van der Waals surface area contributed by atoms with Crippen LogP contribution in [0.5, 0.6) is 0 Å². The molecule has 1 aromatic heterocycles. The van der Waals surface area contributed by atoms with E-state index >= 15 is 0 Å². The first-order valence-electron chi connectivity index (χ1n) is 4.54. The molecule has 0 saturated carbocycles. The monoisotopic (exact) mass is 205 g/mol. The lowest BCUT2D eigenvalue weighted by Crippen LogP contribution is -2.27. The van der Waals surface area contributed by atoms with Gasteiger partial charge in [-0.2, -0.15) is 0 Å². The predicted molar refractivity (Wildman–Crippen MR) is 60.5 cm³/mol. The van der Waals surface area contributed by atoms with Gasteiger partial charge in [0.05, 0.1) is 19.0 Å². The summed E-state index contributed by atoms with van der Waals surface area (Å²) in [5, 5.41) is 4.34. The number of aryl methyl sites for hydroxylation is 1. The molecule has 0 aliphatic rings. The highest BCUT2D eigenvalue weighted by atomic mass is 32.1. The molecule has 14 heavy (non-hydrogen) atoms. The molecule has 1 heterocycles. The van der Waals surface area contributed by atoms with Gasteiger partial charge in [-0.15, -0.1) is 0 Å². The molecule has 0 atom stereocenters. The van der Waals surface area contributed by atoms with Crippen LogP contribution in [0, 0.1) is 0 Å². The van der Waals surface area contributed by atoms with Gasteiger partial charge in [-0.05, 0) is 16.9 Å². The summed E-state index contributed by atoms with van der Waals surface area (Å²) in [6, 6.07) is 10.4. The van der Waals surface area contributed by atoms with Crippen molar-refractivity contribution in [2.45, 2.75) is 0 Å². The number of rotatable bonds is 2. The van der Waals surface area contributed by atoms with Gasteiger partial charge < -0.3 is 0 Å². The Morgan fingerprint density at radius 3 is 2.50 bits per heavy atom. The van der Waals surface area contributed by atoms with Gasteiger partial charge in [0.15, 0.2) is 0 Å². The Bertz CT molecular complexity index is 420. The first-order chi connectivity index (χ1) is 6.81. The number of benzene rings is 1. The van der Waals surface area contributed by atoms with E-state index < -0.39 is 0 Å². The van der Waals surface area contributed by atoms with E-state index in [0.717, 1.165) is 0 Å². The van der Waals surface area contributed by atoms with Crippen molar-refractivity contribution in [2.75, 3.05) is 12.4 Å². The Balaban J connectivity index is 2.43. The molecule has 3 heteroatoms. The Morgan fingerprint density at radius 2 is 1.93 bits per heavy atom. The lowest BCUT2D eigenvalue weighted by Gasteiger charge is -1.91. The van der Waals surface area contributed by atoms with Crippen LogP contribution < -0.4 is 9.88 Å². The molecule has 2 rings (SSSR count). The molecule has 0 spiro atoms. The number of thiazole rings is 1. The van der Waals surface area contributed by atoms with Gasteiger partial charge >= 0.3 is 5.13 Å². The van der Waals surface area contributed by atoms with Crippen LogP contribution in [0.25, 0.3) is 10.4 Å². The van der Waals surface area contributed by atoms with Crippen LogP contribution >= 0.6 is 11.3 Å². The second kappa shape index (κ2) is 3.80. The topological polar surface area (TPSA) is 15.9 Å². The van der Waals surface area contributed by atoms with Crippen molar-refractivity contribution in [1.82, 2.24) is 0 Å². The Labute approximate surface area is 87.8 Å². The van der Waals surface area contributed by atoms with Crippen LogP contribution in [-0.4, -0.2) is 7.05 Å². The molecule has 2 nitrogen and oxygen atoms in total. The number of hydrogen-bond acceptors (Lipinski definition) is 2. The summed E-state index contributed by atoms with van der Waals surface area (Å²) in [5.74, 6) is 0. The Kier molecular flexibility index (Phi) is 2.50. The van der Waals surface area contributed by atoms with Crippen LogP contribution in [0.4, 0.5) is 5.13 Å². The highest BCUT2D eigenvalue weighted by molar-refractivity contribution is 7.18. The van der Waals surface area contributed by atoms with Gasteiger partial charge in [0.25, 0.3) is 0 Å². The normalized spacial score (nSPS) is 10.1. The molecule has 0 bridgehead atoms. The second-order valence-corrected chi connectivity index (χ2v) is 4.16. The van der Waals surface area contributed by atoms with Gasteiger partial charge in [0, 0.05) is 0 Å². The van der Waals surface area contributed by atoms with Gasteiger partial charge in [-0.1, -0.05) is 30.3 Å². The maximum atomic E-state index is 3.17. The van der Waals surface area contributed by atoms with Crippen LogP contribution in [0.1, 0.15) is 0 Å². The maximum absolute atomic E-state index is 3.17. The van der Waals surface area contributed by atoms with Crippen molar-refractivity contribution >= 4 is 16.5 Å². The fraction of sp³-hybridized carbons (Fsp3) is 0.182. The van der Waals surface area contributed by atoms with Crippen molar-refractivity contribution in [2.24, 2.45) is 7.05 Å². The highest BCUT2D eigenvalue weighted by Gasteiger charge is 2.10. The molecule has 72 valence electrons. The average Bonchev–Trinajstić information content (AvgIpc) is 2.61. The zero-order valence-corrected chi connectivity index (χ0v) is 9.14. The summed E-state index contributed by atoms with van der Waals surface area (Å²) in [6.07, 6.45) is 2.14. The fourth-order valence-corrected chi connectivity index (χ4v) is 2.37. The number of nitrogens with one attached hydrogen (secondary N) is 1. The van der Waals surface area contributed by atoms with E-state index in [1.54, 1.807) is 11.3 Å². The predicted octanol–water partition coefficient (Wildman–Crippen LogP) is 2.28. The molecule has 0 unspecified atom stereocenters. The average molecular weight is 205 g/mol. The first kappa shape index (κ1) is 9.21. The quantitative estimate of drug-likeness (QED) is 0.744. The fourth-order valence-electron chi connectivity index (χ4n) is 1.40. The molecule has 1 N–H and O–H groups in total. The largest absolute Gasteiger partial charge is 0.333 e. The Hall–Kier alpha value is -1.35. The molecular weight excluding hydrogens is 192 g/mol. The van der Waals surface area contributed by atoms with Gasteiger partial charge in [-0.25, -0.2) is 4.57 Å². The van der Waals surface area contributed by atoms with E-state index in [1.165, 1.54) is 15.6 Å². The lowest BCUT2D eigenvalue weighted by molar-refractivity contribution is -0.652. The molecule has 0 fully saturated rings. The third kappa shape index (κ3) is 1.63. The van der Waals surface area contributed by atoms with Crippen LogP contribution in [-0.2, 0) is 7.05 Å². The summed E-state index contributed by atoms with van der Waals surface area (Å²) >= 11 is 1.76. The number of aromatic nitrogens is 1. The van der Waals surface area contributed by atoms with Gasteiger partial charge in [-0.3, -0.25) is 5.32 Å². The van der Waals surface area contributed by atoms with Crippen molar-refractivity contribution in [1.29, 1.82) is 0 Å². The molecule has 2 aromatic rings. The maximum Gasteiger partial charge on any atom is 0.333 e. The van der Waals surface area contributed by atoms with Crippen molar-refractivity contribution < 1.29 is 4.57 Å². The van der Waals surface area contributed by atoms with E-state index in [2.05, 4.69) is 47.4 Å². The minimum atomic E-state index is 1.17. The third-order valence-electron chi connectivity index (χ3n) is 2.11. The number of nitrogens with zero attached hydrogens (tertiary/aromatic N) is 1. The zero-order valence-electron chi connectivity index (χ0n) is 8.32.